The monoisotopic (exact) mass is 145 g/mol. The van der Waals surface area contributed by atoms with Gasteiger partial charge >= 0.3 is 0 Å². The SMILES string of the molecule is COC[C@@]1(C)COCCN1. The minimum Gasteiger partial charge on any atom is -0.383 e. The summed E-state index contributed by atoms with van der Waals surface area (Å²) in [5.41, 5.74) is 0.0347. The minimum absolute atomic E-state index is 0.0347. The molecule has 0 bridgehead atoms. The van der Waals surface area contributed by atoms with Crippen LogP contribution < -0.4 is 5.32 Å². The second-order valence-corrected chi connectivity index (χ2v) is 2.97. The highest BCUT2D eigenvalue weighted by Crippen LogP contribution is 2.07. The summed E-state index contributed by atoms with van der Waals surface area (Å²) >= 11 is 0. The third-order valence-corrected chi connectivity index (χ3v) is 1.68. The van der Waals surface area contributed by atoms with Gasteiger partial charge in [-0.05, 0) is 6.92 Å². The zero-order valence-corrected chi connectivity index (χ0v) is 6.64. The van der Waals surface area contributed by atoms with E-state index in [-0.39, 0.29) is 5.54 Å². The molecule has 0 unspecified atom stereocenters. The maximum absolute atomic E-state index is 5.30. The molecule has 0 amide bonds. The van der Waals surface area contributed by atoms with E-state index in [1.54, 1.807) is 7.11 Å². The zero-order chi connectivity index (χ0) is 7.45. The van der Waals surface area contributed by atoms with Gasteiger partial charge in [-0.2, -0.15) is 0 Å². The first-order valence-electron chi connectivity index (χ1n) is 3.58. The zero-order valence-electron chi connectivity index (χ0n) is 6.64. The van der Waals surface area contributed by atoms with Gasteiger partial charge in [0.05, 0.1) is 25.4 Å². The molecule has 0 aromatic carbocycles. The summed E-state index contributed by atoms with van der Waals surface area (Å²) in [6.07, 6.45) is 0. The molecule has 3 heteroatoms. The lowest BCUT2D eigenvalue weighted by Crippen LogP contribution is -2.54. The molecule has 0 spiro atoms. The molecule has 10 heavy (non-hydrogen) atoms. The molecule has 0 aliphatic carbocycles. The van der Waals surface area contributed by atoms with Crippen LogP contribution in [0.2, 0.25) is 0 Å². The molecule has 3 nitrogen and oxygen atoms in total. The van der Waals surface area contributed by atoms with Crippen molar-refractivity contribution in [3.8, 4) is 0 Å². The Labute approximate surface area is 61.7 Å². The van der Waals surface area contributed by atoms with Gasteiger partial charge in [0.1, 0.15) is 0 Å². The number of rotatable bonds is 2. The molecular formula is C7H15NO2. The van der Waals surface area contributed by atoms with Gasteiger partial charge in [-0.1, -0.05) is 0 Å². The molecule has 0 saturated carbocycles. The Morgan fingerprint density at radius 3 is 3.00 bits per heavy atom. The molecular weight excluding hydrogens is 130 g/mol. The fraction of sp³-hybridized carbons (Fsp3) is 1.00. The summed E-state index contributed by atoms with van der Waals surface area (Å²) in [6, 6.07) is 0. The highest BCUT2D eigenvalue weighted by atomic mass is 16.5. The van der Waals surface area contributed by atoms with Crippen molar-refractivity contribution in [1.29, 1.82) is 0 Å². The lowest BCUT2D eigenvalue weighted by molar-refractivity contribution is -0.00319. The molecule has 1 saturated heterocycles. The average Bonchev–Trinajstić information content (AvgIpc) is 1.89. The number of ether oxygens (including phenoxy) is 2. The van der Waals surface area contributed by atoms with Crippen molar-refractivity contribution in [2.45, 2.75) is 12.5 Å². The first-order valence-corrected chi connectivity index (χ1v) is 3.58. The summed E-state index contributed by atoms with van der Waals surface area (Å²) < 4.78 is 10.3. The van der Waals surface area contributed by atoms with Crippen LogP contribution in [-0.4, -0.2) is 39.0 Å². The standard InChI is InChI=1S/C7H15NO2/c1-7(5-9-2)6-10-4-3-8-7/h8H,3-6H2,1-2H3/t7-/m0/s1. The van der Waals surface area contributed by atoms with E-state index >= 15 is 0 Å². The first-order chi connectivity index (χ1) is 4.77. The maximum atomic E-state index is 5.30. The van der Waals surface area contributed by atoms with Crippen molar-refractivity contribution >= 4 is 0 Å². The van der Waals surface area contributed by atoms with Gasteiger partial charge in [0.2, 0.25) is 0 Å². The molecule has 1 rings (SSSR count). The molecule has 0 aromatic rings. The van der Waals surface area contributed by atoms with Gasteiger partial charge in [0.25, 0.3) is 0 Å². The third kappa shape index (κ3) is 1.94. The summed E-state index contributed by atoms with van der Waals surface area (Å²) in [5, 5.41) is 3.35. The Morgan fingerprint density at radius 1 is 1.70 bits per heavy atom. The van der Waals surface area contributed by atoms with Gasteiger partial charge in [-0.3, -0.25) is 0 Å². The van der Waals surface area contributed by atoms with Crippen LogP contribution in [0.25, 0.3) is 0 Å². The molecule has 1 aliphatic heterocycles. The van der Waals surface area contributed by atoms with E-state index in [0.717, 1.165) is 19.8 Å². The number of hydrogen-bond donors (Lipinski definition) is 1. The van der Waals surface area contributed by atoms with Crippen LogP contribution in [0.15, 0.2) is 0 Å². The molecule has 1 N–H and O–H groups in total. The molecule has 0 radical (unpaired) electrons. The van der Waals surface area contributed by atoms with Crippen molar-refractivity contribution < 1.29 is 9.47 Å². The van der Waals surface area contributed by atoms with E-state index in [0.29, 0.717) is 6.61 Å². The van der Waals surface area contributed by atoms with E-state index < -0.39 is 0 Å². The number of methoxy groups -OCH3 is 1. The van der Waals surface area contributed by atoms with E-state index in [4.69, 9.17) is 9.47 Å². The molecule has 1 heterocycles. The van der Waals surface area contributed by atoms with Gasteiger partial charge in [-0.25, -0.2) is 0 Å². The second-order valence-electron chi connectivity index (χ2n) is 2.97. The van der Waals surface area contributed by atoms with E-state index in [9.17, 15) is 0 Å². The summed E-state index contributed by atoms with van der Waals surface area (Å²) in [4.78, 5) is 0. The molecule has 60 valence electrons. The molecule has 1 atom stereocenters. The maximum Gasteiger partial charge on any atom is 0.0668 e. The van der Waals surface area contributed by atoms with Crippen molar-refractivity contribution in [2.75, 3.05) is 33.5 Å². The normalized spacial score (nSPS) is 34.2. The summed E-state index contributed by atoms with van der Waals surface area (Å²) in [5.74, 6) is 0. The third-order valence-electron chi connectivity index (χ3n) is 1.68. The molecule has 1 fully saturated rings. The Kier molecular flexibility index (Phi) is 2.65. The van der Waals surface area contributed by atoms with Crippen LogP contribution in [0.1, 0.15) is 6.92 Å². The Balaban J connectivity index is 2.32. The second kappa shape index (κ2) is 3.32. The fourth-order valence-electron chi connectivity index (χ4n) is 1.18. The predicted molar refractivity (Wildman–Crippen MR) is 39.1 cm³/mol. The predicted octanol–water partition coefficient (Wildman–Crippen LogP) is 0.0113. The van der Waals surface area contributed by atoms with Crippen molar-refractivity contribution in [3.63, 3.8) is 0 Å². The number of morpholine rings is 1. The smallest absolute Gasteiger partial charge is 0.0668 e. The Morgan fingerprint density at radius 2 is 2.50 bits per heavy atom. The highest BCUT2D eigenvalue weighted by molar-refractivity contribution is 4.84. The van der Waals surface area contributed by atoms with E-state index in [1.165, 1.54) is 0 Å². The largest absolute Gasteiger partial charge is 0.383 e. The van der Waals surface area contributed by atoms with Crippen molar-refractivity contribution in [1.82, 2.24) is 5.32 Å². The lowest BCUT2D eigenvalue weighted by Gasteiger charge is -2.33. The Hall–Kier alpha value is -0.120. The van der Waals surface area contributed by atoms with Crippen LogP contribution >= 0.6 is 0 Å². The lowest BCUT2D eigenvalue weighted by atomic mass is 10.0. The van der Waals surface area contributed by atoms with Crippen LogP contribution in [0, 0.1) is 0 Å². The summed E-state index contributed by atoms with van der Waals surface area (Å²) in [7, 11) is 1.71. The Bertz CT molecular complexity index is 94.3. The highest BCUT2D eigenvalue weighted by Gasteiger charge is 2.26. The quantitative estimate of drug-likeness (QED) is 0.594. The topological polar surface area (TPSA) is 30.5 Å². The van der Waals surface area contributed by atoms with E-state index in [2.05, 4.69) is 12.2 Å². The van der Waals surface area contributed by atoms with Gasteiger partial charge in [0, 0.05) is 13.7 Å². The molecule has 0 aromatic heterocycles. The first kappa shape index (κ1) is 7.98. The van der Waals surface area contributed by atoms with Gasteiger partial charge < -0.3 is 14.8 Å². The minimum atomic E-state index is 0.0347. The van der Waals surface area contributed by atoms with Gasteiger partial charge in [0.15, 0.2) is 0 Å². The van der Waals surface area contributed by atoms with E-state index in [1.807, 2.05) is 0 Å². The van der Waals surface area contributed by atoms with Crippen molar-refractivity contribution in [3.05, 3.63) is 0 Å². The van der Waals surface area contributed by atoms with Crippen LogP contribution in [0.3, 0.4) is 0 Å². The van der Waals surface area contributed by atoms with Crippen LogP contribution in [0.4, 0.5) is 0 Å². The molecule has 1 aliphatic rings. The summed E-state index contributed by atoms with van der Waals surface area (Å²) in [6.45, 7) is 5.32. The average molecular weight is 145 g/mol. The van der Waals surface area contributed by atoms with Crippen molar-refractivity contribution in [2.24, 2.45) is 0 Å². The van der Waals surface area contributed by atoms with Gasteiger partial charge in [-0.15, -0.1) is 0 Å². The number of hydrogen-bond acceptors (Lipinski definition) is 3. The van der Waals surface area contributed by atoms with Crippen LogP contribution in [-0.2, 0) is 9.47 Å². The fourth-order valence-corrected chi connectivity index (χ4v) is 1.18. The van der Waals surface area contributed by atoms with Crippen LogP contribution in [0.5, 0.6) is 0 Å². The number of nitrogens with one attached hydrogen (secondary N) is 1.